The van der Waals surface area contributed by atoms with E-state index in [2.05, 4.69) is 25.5 Å². The van der Waals surface area contributed by atoms with Crippen molar-refractivity contribution in [3.8, 4) is 23.1 Å². The SMILES string of the molecule is COc1cc2ncnc(Nc3ccc(Oc4cccnn4)cc3)c2cc1OC. The van der Waals surface area contributed by atoms with Gasteiger partial charge in [0.1, 0.15) is 17.9 Å². The van der Waals surface area contributed by atoms with Gasteiger partial charge in [-0.1, -0.05) is 0 Å². The zero-order valence-electron chi connectivity index (χ0n) is 15.3. The zero-order valence-corrected chi connectivity index (χ0v) is 15.3. The monoisotopic (exact) mass is 375 g/mol. The Labute approximate surface area is 161 Å². The lowest BCUT2D eigenvalue weighted by atomic mass is 10.2. The summed E-state index contributed by atoms with van der Waals surface area (Å²) in [5.41, 5.74) is 1.60. The van der Waals surface area contributed by atoms with Crippen molar-refractivity contribution in [2.45, 2.75) is 0 Å². The third-order valence-electron chi connectivity index (χ3n) is 4.03. The van der Waals surface area contributed by atoms with Crippen molar-refractivity contribution in [1.29, 1.82) is 0 Å². The van der Waals surface area contributed by atoms with E-state index in [4.69, 9.17) is 14.2 Å². The van der Waals surface area contributed by atoms with Gasteiger partial charge < -0.3 is 19.5 Å². The summed E-state index contributed by atoms with van der Waals surface area (Å²) in [4.78, 5) is 8.66. The largest absolute Gasteiger partial charge is 0.493 e. The van der Waals surface area contributed by atoms with Crippen LogP contribution in [0.5, 0.6) is 23.1 Å². The quantitative estimate of drug-likeness (QED) is 0.541. The number of ether oxygens (including phenoxy) is 3. The number of hydrogen-bond donors (Lipinski definition) is 1. The van der Waals surface area contributed by atoms with Gasteiger partial charge in [-0.15, -0.1) is 5.10 Å². The fraction of sp³-hybridized carbons (Fsp3) is 0.100. The number of nitrogens with one attached hydrogen (secondary N) is 1. The molecule has 2 heterocycles. The van der Waals surface area contributed by atoms with Gasteiger partial charge >= 0.3 is 0 Å². The number of nitrogens with zero attached hydrogens (tertiary/aromatic N) is 4. The Morgan fingerprint density at radius 2 is 1.68 bits per heavy atom. The summed E-state index contributed by atoms with van der Waals surface area (Å²) in [6.45, 7) is 0. The van der Waals surface area contributed by atoms with E-state index in [1.807, 2.05) is 36.4 Å². The van der Waals surface area contributed by atoms with Gasteiger partial charge in [0.2, 0.25) is 5.88 Å². The molecule has 0 unspecified atom stereocenters. The lowest BCUT2D eigenvalue weighted by Crippen LogP contribution is -1.98. The van der Waals surface area contributed by atoms with Gasteiger partial charge in [0.15, 0.2) is 11.5 Å². The molecular formula is C20H17N5O3. The fourth-order valence-electron chi connectivity index (χ4n) is 2.69. The van der Waals surface area contributed by atoms with Crippen LogP contribution < -0.4 is 19.5 Å². The molecule has 0 amide bonds. The maximum Gasteiger partial charge on any atom is 0.238 e. The number of benzene rings is 2. The first-order valence-electron chi connectivity index (χ1n) is 8.46. The summed E-state index contributed by atoms with van der Waals surface area (Å²) >= 11 is 0. The van der Waals surface area contributed by atoms with Crippen LogP contribution in [0.25, 0.3) is 10.9 Å². The highest BCUT2D eigenvalue weighted by molar-refractivity contribution is 5.93. The van der Waals surface area contributed by atoms with Crippen LogP contribution >= 0.6 is 0 Å². The average molecular weight is 375 g/mol. The molecule has 0 fully saturated rings. The highest BCUT2D eigenvalue weighted by atomic mass is 16.5. The minimum absolute atomic E-state index is 0.436. The van der Waals surface area contributed by atoms with Crippen molar-refractivity contribution in [3.05, 3.63) is 61.1 Å². The smallest absolute Gasteiger partial charge is 0.238 e. The molecule has 140 valence electrons. The summed E-state index contributed by atoms with van der Waals surface area (Å²) in [5.74, 6) is 2.98. The van der Waals surface area contributed by atoms with E-state index in [0.29, 0.717) is 28.9 Å². The molecule has 0 aliphatic carbocycles. The van der Waals surface area contributed by atoms with Crippen molar-refractivity contribution in [1.82, 2.24) is 20.2 Å². The van der Waals surface area contributed by atoms with Crippen molar-refractivity contribution in [3.63, 3.8) is 0 Å². The molecule has 1 N–H and O–H groups in total. The highest BCUT2D eigenvalue weighted by Gasteiger charge is 2.11. The maximum atomic E-state index is 5.65. The molecule has 0 saturated carbocycles. The molecule has 0 radical (unpaired) electrons. The van der Waals surface area contributed by atoms with Crippen LogP contribution in [0.2, 0.25) is 0 Å². The number of fused-ring (bicyclic) bond motifs is 1. The van der Waals surface area contributed by atoms with Crippen LogP contribution in [0, 0.1) is 0 Å². The molecule has 0 bridgehead atoms. The summed E-state index contributed by atoms with van der Waals surface area (Å²) in [7, 11) is 3.19. The summed E-state index contributed by atoms with van der Waals surface area (Å²) in [6.07, 6.45) is 3.10. The number of rotatable bonds is 6. The van der Waals surface area contributed by atoms with Gasteiger partial charge in [-0.3, -0.25) is 0 Å². The Bertz CT molecular complexity index is 1090. The van der Waals surface area contributed by atoms with Crippen molar-refractivity contribution >= 4 is 22.4 Å². The molecule has 0 saturated heterocycles. The van der Waals surface area contributed by atoms with Gasteiger partial charge in [-0.2, -0.15) is 5.10 Å². The van der Waals surface area contributed by atoms with Crippen LogP contribution in [-0.4, -0.2) is 34.4 Å². The standard InChI is InChI=1S/C20H17N5O3/c1-26-17-10-15-16(11-18(17)27-2)21-12-22-20(15)24-13-5-7-14(8-6-13)28-19-4-3-9-23-25-19/h3-12H,1-2H3,(H,21,22,24). The van der Waals surface area contributed by atoms with E-state index in [-0.39, 0.29) is 0 Å². The van der Waals surface area contributed by atoms with Crippen LogP contribution in [0.1, 0.15) is 0 Å². The maximum absolute atomic E-state index is 5.65. The normalized spacial score (nSPS) is 10.5. The summed E-state index contributed by atoms with van der Waals surface area (Å²) in [5, 5.41) is 11.8. The Kier molecular flexibility index (Phi) is 4.83. The van der Waals surface area contributed by atoms with Gasteiger partial charge in [-0.25, -0.2) is 9.97 Å². The molecule has 0 aliphatic rings. The first-order chi connectivity index (χ1) is 13.8. The molecule has 0 spiro atoms. The van der Waals surface area contributed by atoms with Crippen LogP contribution in [0.3, 0.4) is 0 Å². The van der Waals surface area contributed by atoms with Gasteiger partial charge in [0.05, 0.1) is 19.7 Å². The second kappa shape index (κ2) is 7.75. The minimum atomic E-state index is 0.436. The van der Waals surface area contributed by atoms with Crippen molar-refractivity contribution < 1.29 is 14.2 Å². The predicted octanol–water partition coefficient (Wildman–Crippen LogP) is 3.97. The molecule has 4 rings (SSSR count). The van der Waals surface area contributed by atoms with E-state index in [9.17, 15) is 0 Å². The Morgan fingerprint density at radius 3 is 2.39 bits per heavy atom. The Hall–Kier alpha value is -3.94. The summed E-state index contributed by atoms with van der Waals surface area (Å²) < 4.78 is 16.4. The Morgan fingerprint density at radius 1 is 0.893 bits per heavy atom. The molecule has 28 heavy (non-hydrogen) atoms. The molecule has 8 heteroatoms. The predicted molar refractivity (Wildman–Crippen MR) is 104 cm³/mol. The van der Waals surface area contributed by atoms with E-state index in [0.717, 1.165) is 16.6 Å². The number of methoxy groups -OCH3 is 2. The van der Waals surface area contributed by atoms with Crippen LogP contribution in [0.4, 0.5) is 11.5 Å². The minimum Gasteiger partial charge on any atom is -0.493 e. The van der Waals surface area contributed by atoms with Gasteiger partial charge in [0, 0.05) is 29.4 Å². The van der Waals surface area contributed by atoms with Gasteiger partial charge in [-0.05, 0) is 36.4 Å². The molecular weight excluding hydrogens is 358 g/mol. The van der Waals surface area contributed by atoms with E-state index in [1.165, 1.54) is 6.33 Å². The first-order valence-corrected chi connectivity index (χ1v) is 8.46. The lowest BCUT2D eigenvalue weighted by molar-refractivity contribution is 0.356. The molecule has 2 aromatic carbocycles. The van der Waals surface area contributed by atoms with E-state index < -0.39 is 0 Å². The molecule has 2 aromatic heterocycles. The highest BCUT2D eigenvalue weighted by Crippen LogP contribution is 2.34. The van der Waals surface area contributed by atoms with Crippen LogP contribution in [0.15, 0.2) is 61.1 Å². The average Bonchev–Trinajstić information content (AvgIpc) is 2.75. The number of aromatic nitrogens is 4. The third kappa shape index (κ3) is 3.61. The zero-order chi connectivity index (χ0) is 19.3. The first kappa shape index (κ1) is 17.5. The lowest BCUT2D eigenvalue weighted by Gasteiger charge is -2.12. The third-order valence-corrected chi connectivity index (χ3v) is 4.03. The van der Waals surface area contributed by atoms with Crippen molar-refractivity contribution in [2.75, 3.05) is 19.5 Å². The molecule has 0 aliphatic heterocycles. The number of hydrogen-bond acceptors (Lipinski definition) is 8. The summed E-state index contributed by atoms with van der Waals surface area (Å²) in [6, 6.07) is 14.6. The molecule has 8 nitrogen and oxygen atoms in total. The molecule has 4 aromatic rings. The second-order valence-electron chi connectivity index (χ2n) is 5.76. The fourth-order valence-corrected chi connectivity index (χ4v) is 2.69. The molecule has 0 atom stereocenters. The van der Waals surface area contributed by atoms with E-state index in [1.54, 1.807) is 32.5 Å². The van der Waals surface area contributed by atoms with Gasteiger partial charge in [0.25, 0.3) is 0 Å². The van der Waals surface area contributed by atoms with Crippen LogP contribution in [-0.2, 0) is 0 Å². The number of anilines is 2. The van der Waals surface area contributed by atoms with E-state index >= 15 is 0 Å². The topological polar surface area (TPSA) is 91.3 Å². The Balaban J connectivity index is 1.59. The second-order valence-corrected chi connectivity index (χ2v) is 5.76. The van der Waals surface area contributed by atoms with Crippen molar-refractivity contribution in [2.24, 2.45) is 0 Å².